The van der Waals surface area contributed by atoms with Gasteiger partial charge in [0.1, 0.15) is 16.6 Å². The zero-order valence-electron chi connectivity index (χ0n) is 18.9. The smallest absolute Gasteiger partial charge is 0.226 e. The maximum Gasteiger partial charge on any atom is 0.226 e. The molecule has 0 aliphatic carbocycles. The van der Waals surface area contributed by atoms with Crippen LogP contribution in [-0.2, 0) is 18.0 Å². The molecule has 4 heterocycles. The Morgan fingerprint density at radius 1 is 1.29 bits per heavy atom. The third kappa shape index (κ3) is 3.06. The van der Waals surface area contributed by atoms with Gasteiger partial charge in [-0.1, -0.05) is 12.1 Å². The van der Waals surface area contributed by atoms with E-state index in [1.165, 1.54) is 11.3 Å². The van der Waals surface area contributed by atoms with E-state index in [9.17, 15) is 5.26 Å². The molecule has 0 saturated carbocycles. The Kier molecular flexibility index (Phi) is 4.92. The molecule has 1 saturated heterocycles. The number of fused-ring (bicyclic) bond motifs is 4. The number of likely N-dealkylation sites (N-methyl/N-ethyl adjacent to an activating group) is 1. The van der Waals surface area contributed by atoms with Gasteiger partial charge in [0.15, 0.2) is 5.82 Å². The first kappa shape index (κ1) is 21.2. The highest BCUT2D eigenvalue weighted by Crippen LogP contribution is 2.45. The lowest BCUT2D eigenvalue weighted by Gasteiger charge is -2.21. The van der Waals surface area contributed by atoms with Gasteiger partial charge in [-0.25, -0.2) is 14.4 Å². The molecular weight excluding hydrogens is 451 g/mol. The third-order valence-electron chi connectivity index (χ3n) is 6.99. The summed E-state index contributed by atoms with van der Waals surface area (Å²) in [6.07, 6.45) is 2.74. The first-order valence-electron chi connectivity index (χ1n) is 11.2. The van der Waals surface area contributed by atoms with Crippen LogP contribution in [0.1, 0.15) is 23.1 Å². The van der Waals surface area contributed by atoms with E-state index in [0.717, 1.165) is 35.3 Å². The van der Waals surface area contributed by atoms with Gasteiger partial charge in [-0.05, 0) is 43.3 Å². The minimum Gasteiger partial charge on any atom is -0.389 e. The quantitative estimate of drug-likeness (QED) is 0.474. The highest BCUT2D eigenvalue weighted by molar-refractivity contribution is 7.23. The van der Waals surface area contributed by atoms with Crippen molar-refractivity contribution in [2.75, 3.05) is 37.8 Å². The second kappa shape index (κ2) is 7.87. The van der Waals surface area contributed by atoms with Crippen LogP contribution in [0.15, 0.2) is 24.4 Å². The summed E-state index contributed by atoms with van der Waals surface area (Å²) in [5.74, 6) is 0.128. The number of hydrogen-bond acceptors (Lipinski definition) is 8. The van der Waals surface area contributed by atoms with Gasteiger partial charge < -0.3 is 20.3 Å². The van der Waals surface area contributed by atoms with Gasteiger partial charge in [-0.15, -0.1) is 11.3 Å². The van der Waals surface area contributed by atoms with E-state index in [0.29, 0.717) is 57.7 Å². The molecule has 2 aliphatic rings. The van der Waals surface area contributed by atoms with E-state index in [1.54, 1.807) is 6.20 Å². The summed E-state index contributed by atoms with van der Waals surface area (Å²) in [6.45, 7) is 2.31. The molecule has 2 aliphatic heterocycles. The van der Waals surface area contributed by atoms with Crippen molar-refractivity contribution in [3.05, 3.63) is 46.9 Å². The molecule has 172 valence electrons. The SMILES string of the molecule is CN(C)[C@H]1CCN(c2ncc3c4c(c(-c5cccc6sc(N)c(C#N)c56)c(F)c3n2)COC4)C1. The number of ether oxygens (including phenoxy) is 1. The van der Waals surface area contributed by atoms with Crippen LogP contribution in [0, 0.1) is 17.1 Å². The second-order valence-corrected chi connectivity index (χ2v) is 10.1. The van der Waals surface area contributed by atoms with E-state index in [2.05, 4.69) is 34.9 Å². The number of rotatable bonds is 3. The molecular formula is C25H23FN6OS. The topological polar surface area (TPSA) is 91.3 Å². The fourth-order valence-electron chi connectivity index (χ4n) is 5.17. The first-order valence-corrected chi connectivity index (χ1v) is 12.0. The normalized spacial score (nSPS) is 17.7. The van der Waals surface area contributed by atoms with Gasteiger partial charge in [0.05, 0.1) is 18.8 Å². The Bertz CT molecular complexity index is 1510. The number of nitrogen functional groups attached to an aromatic ring is 1. The fourth-order valence-corrected chi connectivity index (χ4v) is 6.12. The fraction of sp³-hybridized carbons (Fsp3) is 0.320. The molecule has 2 aromatic carbocycles. The maximum atomic E-state index is 16.4. The minimum atomic E-state index is -0.410. The maximum absolute atomic E-state index is 16.4. The lowest BCUT2D eigenvalue weighted by molar-refractivity contribution is 0.135. The molecule has 0 amide bonds. The van der Waals surface area contributed by atoms with Gasteiger partial charge in [0, 0.05) is 46.4 Å². The molecule has 2 aromatic heterocycles. The van der Waals surface area contributed by atoms with E-state index in [4.69, 9.17) is 15.5 Å². The van der Waals surface area contributed by atoms with Crippen molar-refractivity contribution in [2.24, 2.45) is 0 Å². The number of aromatic nitrogens is 2. The summed E-state index contributed by atoms with van der Waals surface area (Å²) in [4.78, 5) is 13.6. The molecule has 0 bridgehead atoms. The number of thiophene rings is 1. The molecule has 1 atom stereocenters. The zero-order valence-corrected chi connectivity index (χ0v) is 19.7. The van der Waals surface area contributed by atoms with Crippen molar-refractivity contribution < 1.29 is 9.13 Å². The molecule has 6 rings (SSSR count). The van der Waals surface area contributed by atoms with Crippen LogP contribution in [-0.4, -0.2) is 48.1 Å². The number of nitriles is 1. The number of halogens is 1. The van der Waals surface area contributed by atoms with E-state index >= 15 is 4.39 Å². The molecule has 0 radical (unpaired) electrons. The van der Waals surface area contributed by atoms with Gasteiger partial charge in [0.25, 0.3) is 0 Å². The van der Waals surface area contributed by atoms with Crippen LogP contribution in [0.25, 0.3) is 32.1 Å². The van der Waals surface area contributed by atoms with Crippen molar-refractivity contribution in [2.45, 2.75) is 25.7 Å². The molecule has 34 heavy (non-hydrogen) atoms. The van der Waals surface area contributed by atoms with Crippen molar-refractivity contribution in [3.8, 4) is 17.2 Å². The number of anilines is 2. The van der Waals surface area contributed by atoms with Crippen LogP contribution in [0.4, 0.5) is 15.3 Å². The van der Waals surface area contributed by atoms with E-state index < -0.39 is 5.82 Å². The van der Waals surface area contributed by atoms with Crippen LogP contribution in [0.3, 0.4) is 0 Å². The van der Waals surface area contributed by atoms with Gasteiger partial charge in [-0.3, -0.25) is 0 Å². The Hall–Kier alpha value is -3.32. The average molecular weight is 475 g/mol. The minimum absolute atomic E-state index is 0.288. The predicted octanol–water partition coefficient (Wildman–Crippen LogP) is 4.27. The van der Waals surface area contributed by atoms with E-state index in [-0.39, 0.29) is 5.52 Å². The van der Waals surface area contributed by atoms with Gasteiger partial charge in [-0.2, -0.15) is 5.26 Å². The summed E-state index contributed by atoms with van der Waals surface area (Å²) in [5.41, 5.74) is 9.58. The summed E-state index contributed by atoms with van der Waals surface area (Å²) in [6, 6.07) is 8.25. The van der Waals surface area contributed by atoms with Crippen molar-refractivity contribution in [3.63, 3.8) is 0 Å². The van der Waals surface area contributed by atoms with Crippen LogP contribution in [0.5, 0.6) is 0 Å². The summed E-state index contributed by atoms with van der Waals surface area (Å²) in [7, 11) is 4.13. The zero-order chi connectivity index (χ0) is 23.6. The van der Waals surface area contributed by atoms with E-state index in [1.807, 2.05) is 18.2 Å². The molecule has 2 N–H and O–H groups in total. The Morgan fingerprint density at radius 2 is 2.12 bits per heavy atom. The number of benzene rings is 2. The van der Waals surface area contributed by atoms with Crippen LogP contribution < -0.4 is 10.6 Å². The molecule has 9 heteroatoms. The first-order chi connectivity index (χ1) is 16.5. The predicted molar refractivity (Wildman–Crippen MR) is 132 cm³/mol. The molecule has 1 fully saturated rings. The molecule has 7 nitrogen and oxygen atoms in total. The number of hydrogen-bond donors (Lipinski definition) is 1. The Labute approximate surface area is 200 Å². The lowest BCUT2D eigenvalue weighted by Crippen LogP contribution is -2.32. The summed E-state index contributed by atoms with van der Waals surface area (Å²) < 4.78 is 23.0. The highest BCUT2D eigenvalue weighted by Gasteiger charge is 2.30. The van der Waals surface area contributed by atoms with Crippen molar-refractivity contribution in [1.29, 1.82) is 5.26 Å². The standard InChI is InChI=1S/C25H23FN6OS/c1-31(2)13-6-7-32(10-13)25-29-9-16-17-11-33-12-18(17)21(22(26)23(16)30-25)14-4-3-5-19-20(14)15(8-27)24(28)34-19/h3-5,9,13H,6-7,10-12,28H2,1-2H3/t13-/m0/s1. The Balaban J connectivity index is 1.59. The molecule has 0 spiro atoms. The highest BCUT2D eigenvalue weighted by atomic mass is 32.1. The monoisotopic (exact) mass is 474 g/mol. The third-order valence-corrected chi connectivity index (χ3v) is 7.97. The average Bonchev–Trinajstić information content (AvgIpc) is 3.57. The number of nitrogens with two attached hydrogens (primary N) is 1. The van der Waals surface area contributed by atoms with Crippen molar-refractivity contribution in [1.82, 2.24) is 14.9 Å². The lowest BCUT2D eigenvalue weighted by atomic mass is 9.91. The summed E-state index contributed by atoms with van der Waals surface area (Å²) >= 11 is 1.34. The van der Waals surface area contributed by atoms with Gasteiger partial charge in [0.2, 0.25) is 5.95 Å². The summed E-state index contributed by atoms with van der Waals surface area (Å²) in [5, 5.41) is 11.6. The second-order valence-electron chi connectivity index (χ2n) is 9.06. The van der Waals surface area contributed by atoms with Gasteiger partial charge >= 0.3 is 0 Å². The Morgan fingerprint density at radius 3 is 2.88 bits per heavy atom. The van der Waals surface area contributed by atoms with Crippen molar-refractivity contribution >= 4 is 43.3 Å². The van der Waals surface area contributed by atoms with Crippen LogP contribution >= 0.6 is 11.3 Å². The number of nitrogens with zero attached hydrogens (tertiary/aromatic N) is 5. The van der Waals surface area contributed by atoms with Crippen LogP contribution in [0.2, 0.25) is 0 Å². The molecule has 4 aromatic rings. The largest absolute Gasteiger partial charge is 0.389 e. The molecule has 0 unspecified atom stereocenters.